The van der Waals surface area contributed by atoms with Crippen LogP contribution in [0.1, 0.15) is 6.42 Å². The average molecular weight is 332 g/mol. The van der Waals surface area contributed by atoms with Crippen molar-refractivity contribution in [3.8, 4) is 0 Å². The standard InChI is InChI=1S/C10H13IN4O/c1-14-3-2-4-15(6-9(14)16)10-8(11)5-12-7-13-10/h5,7H,2-4,6H2,1H3. The van der Waals surface area contributed by atoms with Crippen LogP contribution < -0.4 is 4.90 Å². The van der Waals surface area contributed by atoms with E-state index in [1.807, 2.05) is 11.9 Å². The first-order chi connectivity index (χ1) is 7.68. The third kappa shape index (κ3) is 2.42. The topological polar surface area (TPSA) is 49.3 Å². The molecule has 2 heterocycles. The summed E-state index contributed by atoms with van der Waals surface area (Å²) < 4.78 is 0.984. The van der Waals surface area contributed by atoms with Gasteiger partial charge in [0, 0.05) is 26.3 Å². The van der Waals surface area contributed by atoms with E-state index in [1.165, 1.54) is 6.33 Å². The van der Waals surface area contributed by atoms with E-state index in [-0.39, 0.29) is 5.91 Å². The predicted octanol–water partition coefficient (Wildman–Crippen LogP) is 0.750. The lowest BCUT2D eigenvalue weighted by Crippen LogP contribution is -2.35. The van der Waals surface area contributed by atoms with E-state index in [2.05, 4.69) is 32.6 Å². The highest BCUT2D eigenvalue weighted by Gasteiger charge is 2.21. The second-order valence-electron chi connectivity index (χ2n) is 3.78. The van der Waals surface area contributed by atoms with Crippen molar-refractivity contribution >= 4 is 34.3 Å². The Morgan fingerprint density at radius 2 is 2.25 bits per heavy atom. The third-order valence-corrected chi connectivity index (χ3v) is 3.38. The molecule has 0 radical (unpaired) electrons. The first-order valence-corrected chi connectivity index (χ1v) is 6.21. The van der Waals surface area contributed by atoms with Crippen molar-refractivity contribution in [2.75, 3.05) is 31.6 Å². The highest BCUT2D eigenvalue weighted by Crippen LogP contribution is 2.19. The van der Waals surface area contributed by atoms with Crippen LogP contribution in [0.4, 0.5) is 5.82 Å². The van der Waals surface area contributed by atoms with Crippen LogP contribution in [-0.4, -0.2) is 47.5 Å². The molecule has 1 saturated heterocycles. The van der Waals surface area contributed by atoms with Crippen molar-refractivity contribution in [1.82, 2.24) is 14.9 Å². The number of carbonyl (C=O) groups excluding carboxylic acids is 1. The first kappa shape index (κ1) is 11.6. The number of hydrogen-bond acceptors (Lipinski definition) is 4. The number of hydrogen-bond donors (Lipinski definition) is 0. The monoisotopic (exact) mass is 332 g/mol. The zero-order chi connectivity index (χ0) is 11.5. The largest absolute Gasteiger partial charge is 0.346 e. The second-order valence-corrected chi connectivity index (χ2v) is 4.95. The van der Waals surface area contributed by atoms with Crippen molar-refractivity contribution in [3.63, 3.8) is 0 Å². The number of nitrogens with zero attached hydrogens (tertiary/aromatic N) is 4. The van der Waals surface area contributed by atoms with Gasteiger partial charge in [-0.2, -0.15) is 0 Å². The van der Waals surface area contributed by atoms with Gasteiger partial charge in [0.25, 0.3) is 0 Å². The van der Waals surface area contributed by atoms with Crippen molar-refractivity contribution in [1.29, 1.82) is 0 Å². The molecular formula is C10H13IN4O. The van der Waals surface area contributed by atoms with Crippen LogP contribution in [0.15, 0.2) is 12.5 Å². The maximum atomic E-state index is 11.7. The molecular weight excluding hydrogens is 319 g/mol. The Hall–Kier alpha value is -0.920. The Balaban J connectivity index is 2.21. The molecule has 0 spiro atoms. The van der Waals surface area contributed by atoms with Gasteiger partial charge in [0.2, 0.25) is 5.91 Å². The molecule has 1 aromatic heterocycles. The van der Waals surface area contributed by atoms with E-state index in [1.54, 1.807) is 11.1 Å². The lowest BCUT2D eigenvalue weighted by atomic mass is 10.4. The Morgan fingerprint density at radius 3 is 3.00 bits per heavy atom. The lowest BCUT2D eigenvalue weighted by molar-refractivity contribution is -0.127. The van der Waals surface area contributed by atoms with Crippen LogP contribution in [0.2, 0.25) is 0 Å². The molecule has 0 aromatic carbocycles. The molecule has 2 rings (SSSR count). The van der Waals surface area contributed by atoms with Gasteiger partial charge in [0.1, 0.15) is 12.1 Å². The minimum absolute atomic E-state index is 0.145. The van der Waals surface area contributed by atoms with E-state index >= 15 is 0 Å². The fraction of sp³-hybridized carbons (Fsp3) is 0.500. The molecule has 0 saturated carbocycles. The highest BCUT2D eigenvalue weighted by atomic mass is 127. The molecule has 1 aliphatic rings. The summed E-state index contributed by atoms with van der Waals surface area (Å²) in [4.78, 5) is 23.7. The fourth-order valence-corrected chi connectivity index (χ4v) is 2.35. The maximum absolute atomic E-state index is 11.7. The van der Waals surface area contributed by atoms with Gasteiger partial charge < -0.3 is 9.80 Å². The number of anilines is 1. The van der Waals surface area contributed by atoms with E-state index in [0.717, 1.165) is 28.9 Å². The summed E-state index contributed by atoms with van der Waals surface area (Å²) in [5.74, 6) is 1.01. The van der Waals surface area contributed by atoms with E-state index < -0.39 is 0 Å². The van der Waals surface area contributed by atoms with Crippen LogP contribution >= 0.6 is 22.6 Å². The van der Waals surface area contributed by atoms with E-state index in [4.69, 9.17) is 0 Å². The zero-order valence-electron chi connectivity index (χ0n) is 9.06. The number of rotatable bonds is 1. The number of aromatic nitrogens is 2. The molecule has 6 heteroatoms. The molecule has 0 N–H and O–H groups in total. The number of likely N-dealkylation sites (N-methyl/N-ethyl adjacent to an activating group) is 1. The summed E-state index contributed by atoms with van der Waals surface area (Å²) in [5.41, 5.74) is 0. The minimum Gasteiger partial charge on any atom is -0.346 e. The Kier molecular flexibility index (Phi) is 3.57. The molecule has 1 amide bonds. The molecule has 0 unspecified atom stereocenters. The van der Waals surface area contributed by atoms with Gasteiger partial charge in [-0.1, -0.05) is 0 Å². The summed E-state index contributed by atoms with van der Waals surface area (Å²) in [6.45, 7) is 2.09. The molecule has 0 bridgehead atoms. The molecule has 0 aliphatic carbocycles. The molecule has 16 heavy (non-hydrogen) atoms. The van der Waals surface area contributed by atoms with Gasteiger partial charge >= 0.3 is 0 Å². The lowest BCUT2D eigenvalue weighted by Gasteiger charge is -2.21. The Morgan fingerprint density at radius 1 is 1.44 bits per heavy atom. The Bertz CT molecular complexity index is 398. The molecule has 0 atom stereocenters. The van der Waals surface area contributed by atoms with Crippen molar-refractivity contribution < 1.29 is 4.79 Å². The van der Waals surface area contributed by atoms with Gasteiger partial charge in [-0.3, -0.25) is 4.79 Å². The summed E-state index contributed by atoms with van der Waals surface area (Å²) in [6, 6.07) is 0. The van der Waals surface area contributed by atoms with E-state index in [9.17, 15) is 4.79 Å². The zero-order valence-corrected chi connectivity index (χ0v) is 11.2. The summed E-state index contributed by atoms with van der Waals surface area (Å²) >= 11 is 2.20. The quantitative estimate of drug-likeness (QED) is 0.712. The minimum atomic E-state index is 0.145. The van der Waals surface area contributed by atoms with Gasteiger partial charge in [-0.25, -0.2) is 9.97 Å². The number of carbonyl (C=O) groups is 1. The molecule has 86 valence electrons. The maximum Gasteiger partial charge on any atom is 0.241 e. The van der Waals surface area contributed by atoms with Crippen molar-refractivity contribution in [2.45, 2.75) is 6.42 Å². The smallest absolute Gasteiger partial charge is 0.241 e. The van der Waals surface area contributed by atoms with Crippen LogP contribution in [0.3, 0.4) is 0 Å². The number of amides is 1. The SMILES string of the molecule is CN1CCCN(c2ncncc2I)CC1=O. The first-order valence-electron chi connectivity index (χ1n) is 5.13. The molecule has 5 nitrogen and oxygen atoms in total. The Labute approximate surface area is 108 Å². The molecule has 1 aliphatic heterocycles. The van der Waals surface area contributed by atoms with Gasteiger partial charge in [0.15, 0.2) is 0 Å². The van der Waals surface area contributed by atoms with Crippen LogP contribution in [0, 0.1) is 3.57 Å². The van der Waals surface area contributed by atoms with Crippen molar-refractivity contribution in [3.05, 3.63) is 16.1 Å². The van der Waals surface area contributed by atoms with Gasteiger partial charge in [-0.05, 0) is 29.0 Å². The predicted molar refractivity (Wildman–Crippen MR) is 69.2 cm³/mol. The summed E-state index contributed by atoms with van der Waals surface area (Å²) in [6.07, 6.45) is 4.26. The molecule has 1 aromatic rings. The third-order valence-electron chi connectivity index (χ3n) is 2.62. The number of halogens is 1. The molecule has 1 fully saturated rings. The van der Waals surface area contributed by atoms with Crippen LogP contribution in [0.5, 0.6) is 0 Å². The average Bonchev–Trinajstić information content (AvgIpc) is 2.43. The van der Waals surface area contributed by atoms with Crippen LogP contribution in [-0.2, 0) is 4.79 Å². The van der Waals surface area contributed by atoms with E-state index in [0.29, 0.717) is 6.54 Å². The second kappa shape index (κ2) is 4.94. The normalized spacial score (nSPS) is 17.5. The highest BCUT2D eigenvalue weighted by molar-refractivity contribution is 14.1. The summed E-state index contributed by atoms with van der Waals surface area (Å²) in [5, 5.41) is 0. The summed E-state index contributed by atoms with van der Waals surface area (Å²) in [7, 11) is 1.84. The van der Waals surface area contributed by atoms with Gasteiger partial charge in [0.05, 0.1) is 10.1 Å². The fourth-order valence-electron chi connectivity index (χ4n) is 1.71. The van der Waals surface area contributed by atoms with Crippen molar-refractivity contribution in [2.24, 2.45) is 0 Å². The van der Waals surface area contributed by atoms with Gasteiger partial charge in [-0.15, -0.1) is 0 Å². The van der Waals surface area contributed by atoms with Crippen LogP contribution in [0.25, 0.3) is 0 Å².